The lowest BCUT2D eigenvalue weighted by atomic mass is 10.2. The van der Waals surface area contributed by atoms with Crippen LogP contribution in [0.5, 0.6) is 5.75 Å². The Bertz CT molecular complexity index is 751. The summed E-state index contributed by atoms with van der Waals surface area (Å²) in [6.45, 7) is 1.26. The molecule has 0 aromatic heterocycles. The number of ether oxygens (including phenoxy) is 2. The van der Waals surface area contributed by atoms with Gasteiger partial charge in [0.25, 0.3) is 5.91 Å². The van der Waals surface area contributed by atoms with E-state index in [-0.39, 0.29) is 6.61 Å². The lowest BCUT2D eigenvalue weighted by Gasteiger charge is -2.09. The SMILES string of the molecule is Cc1ccc(OCC(=O)OCC(=O)Nc2cccc(Cl)c2)c(Br)c1. The molecule has 0 saturated heterocycles. The van der Waals surface area contributed by atoms with Gasteiger partial charge in [0.05, 0.1) is 4.47 Å². The molecule has 2 aromatic rings. The number of carbonyl (C=O) groups is 2. The molecule has 5 nitrogen and oxygen atoms in total. The first-order valence-electron chi connectivity index (χ1n) is 7.04. The Balaban J connectivity index is 1.75. The van der Waals surface area contributed by atoms with E-state index in [1.165, 1.54) is 0 Å². The molecule has 0 aliphatic heterocycles. The number of benzene rings is 2. The van der Waals surface area contributed by atoms with Gasteiger partial charge in [-0.2, -0.15) is 0 Å². The number of halogens is 2. The van der Waals surface area contributed by atoms with Crippen LogP contribution in [-0.4, -0.2) is 25.1 Å². The highest BCUT2D eigenvalue weighted by Crippen LogP contribution is 2.25. The number of hydrogen-bond acceptors (Lipinski definition) is 4. The number of esters is 1. The number of nitrogens with one attached hydrogen (secondary N) is 1. The van der Waals surface area contributed by atoms with Gasteiger partial charge in [-0.15, -0.1) is 0 Å². The summed E-state index contributed by atoms with van der Waals surface area (Å²) in [5.41, 5.74) is 1.60. The van der Waals surface area contributed by atoms with Gasteiger partial charge in [0.1, 0.15) is 5.75 Å². The van der Waals surface area contributed by atoms with Crippen molar-refractivity contribution in [3.63, 3.8) is 0 Å². The van der Waals surface area contributed by atoms with E-state index < -0.39 is 18.5 Å². The van der Waals surface area contributed by atoms with Crippen LogP contribution in [0.25, 0.3) is 0 Å². The molecule has 0 fully saturated rings. The molecule has 0 unspecified atom stereocenters. The normalized spacial score (nSPS) is 10.1. The lowest BCUT2D eigenvalue weighted by molar-refractivity contribution is -0.149. The molecule has 2 aromatic carbocycles. The Labute approximate surface area is 153 Å². The van der Waals surface area contributed by atoms with E-state index >= 15 is 0 Å². The van der Waals surface area contributed by atoms with E-state index in [0.29, 0.717) is 16.5 Å². The average molecular weight is 413 g/mol. The van der Waals surface area contributed by atoms with Crippen LogP contribution in [0.2, 0.25) is 5.02 Å². The predicted octanol–water partition coefficient (Wildman–Crippen LogP) is 3.97. The molecule has 1 N–H and O–H groups in total. The zero-order valence-corrected chi connectivity index (χ0v) is 15.2. The number of rotatable bonds is 6. The van der Waals surface area contributed by atoms with Gasteiger partial charge >= 0.3 is 5.97 Å². The van der Waals surface area contributed by atoms with Crippen LogP contribution in [0.15, 0.2) is 46.9 Å². The molecular formula is C17H15BrClNO4. The number of amides is 1. The predicted molar refractivity (Wildman–Crippen MR) is 95.4 cm³/mol. The molecular weight excluding hydrogens is 398 g/mol. The van der Waals surface area contributed by atoms with Crippen molar-refractivity contribution in [3.8, 4) is 5.75 Å². The van der Waals surface area contributed by atoms with Crippen molar-refractivity contribution in [2.75, 3.05) is 18.5 Å². The van der Waals surface area contributed by atoms with Gasteiger partial charge in [-0.3, -0.25) is 4.79 Å². The molecule has 0 heterocycles. The van der Waals surface area contributed by atoms with Crippen molar-refractivity contribution in [3.05, 3.63) is 57.5 Å². The molecule has 0 aliphatic carbocycles. The van der Waals surface area contributed by atoms with Crippen molar-refractivity contribution >= 4 is 45.1 Å². The highest BCUT2D eigenvalue weighted by atomic mass is 79.9. The van der Waals surface area contributed by atoms with Gasteiger partial charge in [-0.05, 0) is 58.7 Å². The summed E-state index contributed by atoms with van der Waals surface area (Å²) in [6, 6.07) is 12.2. The van der Waals surface area contributed by atoms with Crippen molar-refractivity contribution in [1.29, 1.82) is 0 Å². The zero-order valence-electron chi connectivity index (χ0n) is 12.8. The van der Waals surface area contributed by atoms with Crippen LogP contribution in [0, 0.1) is 6.92 Å². The van der Waals surface area contributed by atoms with Crippen LogP contribution in [0.3, 0.4) is 0 Å². The van der Waals surface area contributed by atoms with Gasteiger partial charge in [0, 0.05) is 10.7 Å². The quantitative estimate of drug-likeness (QED) is 0.729. The molecule has 24 heavy (non-hydrogen) atoms. The second-order valence-corrected chi connectivity index (χ2v) is 6.23. The van der Waals surface area contributed by atoms with E-state index in [1.54, 1.807) is 30.3 Å². The second kappa shape index (κ2) is 8.70. The van der Waals surface area contributed by atoms with Gasteiger partial charge in [-0.1, -0.05) is 23.7 Å². The number of hydrogen-bond donors (Lipinski definition) is 1. The molecule has 126 valence electrons. The number of anilines is 1. The summed E-state index contributed by atoms with van der Waals surface area (Å²) in [6.07, 6.45) is 0. The van der Waals surface area contributed by atoms with E-state index in [4.69, 9.17) is 21.1 Å². The third-order valence-corrected chi connectivity index (χ3v) is 3.76. The topological polar surface area (TPSA) is 64.6 Å². The summed E-state index contributed by atoms with van der Waals surface area (Å²) >= 11 is 9.17. The fraction of sp³-hybridized carbons (Fsp3) is 0.176. The summed E-state index contributed by atoms with van der Waals surface area (Å²) in [5, 5.41) is 3.08. The smallest absolute Gasteiger partial charge is 0.344 e. The highest BCUT2D eigenvalue weighted by Gasteiger charge is 2.10. The molecule has 0 atom stereocenters. The van der Waals surface area contributed by atoms with E-state index in [1.807, 2.05) is 19.1 Å². The third-order valence-electron chi connectivity index (χ3n) is 2.91. The highest BCUT2D eigenvalue weighted by molar-refractivity contribution is 9.10. The van der Waals surface area contributed by atoms with Gasteiger partial charge in [-0.25, -0.2) is 4.79 Å². The van der Waals surface area contributed by atoms with E-state index in [2.05, 4.69) is 21.2 Å². The number of aryl methyl sites for hydroxylation is 1. The first kappa shape index (κ1) is 18.3. The van der Waals surface area contributed by atoms with Crippen LogP contribution in [0.4, 0.5) is 5.69 Å². The molecule has 0 radical (unpaired) electrons. The Kier molecular flexibility index (Phi) is 6.63. The van der Waals surface area contributed by atoms with Gasteiger partial charge in [0.15, 0.2) is 13.2 Å². The van der Waals surface area contributed by atoms with Crippen LogP contribution >= 0.6 is 27.5 Å². The van der Waals surface area contributed by atoms with E-state index in [9.17, 15) is 9.59 Å². The van der Waals surface area contributed by atoms with Gasteiger partial charge in [0.2, 0.25) is 0 Å². The molecule has 1 amide bonds. The minimum atomic E-state index is -0.635. The second-order valence-electron chi connectivity index (χ2n) is 4.94. The molecule has 2 rings (SSSR count). The lowest BCUT2D eigenvalue weighted by Crippen LogP contribution is -2.23. The van der Waals surface area contributed by atoms with Crippen molar-refractivity contribution in [2.45, 2.75) is 6.92 Å². The minimum Gasteiger partial charge on any atom is -0.481 e. The first-order valence-corrected chi connectivity index (χ1v) is 8.21. The molecule has 0 spiro atoms. The summed E-state index contributed by atoms with van der Waals surface area (Å²) in [5.74, 6) is -0.563. The first-order chi connectivity index (χ1) is 11.4. The minimum absolute atomic E-state index is 0.286. The van der Waals surface area contributed by atoms with Crippen molar-refractivity contribution in [2.24, 2.45) is 0 Å². The Morgan fingerprint density at radius 1 is 1.17 bits per heavy atom. The maximum Gasteiger partial charge on any atom is 0.344 e. The average Bonchev–Trinajstić information content (AvgIpc) is 2.52. The van der Waals surface area contributed by atoms with Crippen molar-refractivity contribution in [1.82, 2.24) is 0 Å². The Hall–Kier alpha value is -2.05. The summed E-state index contributed by atoms with van der Waals surface area (Å²) in [7, 11) is 0. The fourth-order valence-corrected chi connectivity index (χ4v) is 2.61. The van der Waals surface area contributed by atoms with Crippen LogP contribution < -0.4 is 10.1 Å². The van der Waals surface area contributed by atoms with Crippen LogP contribution in [0.1, 0.15) is 5.56 Å². The standard InChI is InChI=1S/C17H15BrClNO4/c1-11-5-6-15(14(18)7-11)23-10-17(22)24-9-16(21)20-13-4-2-3-12(19)8-13/h2-8H,9-10H2,1H3,(H,20,21). The van der Waals surface area contributed by atoms with Crippen LogP contribution in [-0.2, 0) is 14.3 Å². The zero-order chi connectivity index (χ0) is 17.5. The number of carbonyl (C=O) groups excluding carboxylic acids is 2. The monoisotopic (exact) mass is 411 g/mol. The van der Waals surface area contributed by atoms with E-state index in [0.717, 1.165) is 10.0 Å². The van der Waals surface area contributed by atoms with Crippen molar-refractivity contribution < 1.29 is 19.1 Å². The largest absolute Gasteiger partial charge is 0.481 e. The summed E-state index contributed by atoms with van der Waals surface area (Å²) in [4.78, 5) is 23.4. The molecule has 0 aliphatic rings. The Morgan fingerprint density at radius 2 is 1.96 bits per heavy atom. The fourth-order valence-electron chi connectivity index (χ4n) is 1.81. The Morgan fingerprint density at radius 3 is 2.67 bits per heavy atom. The maximum absolute atomic E-state index is 11.7. The molecule has 0 saturated carbocycles. The molecule has 7 heteroatoms. The maximum atomic E-state index is 11.7. The van der Waals surface area contributed by atoms with Gasteiger partial charge < -0.3 is 14.8 Å². The summed E-state index contributed by atoms with van der Waals surface area (Å²) < 4.78 is 11.0. The third kappa shape index (κ3) is 5.86. The molecule has 0 bridgehead atoms.